The lowest BCUT2D eigenvalue weighted by atomic mass is 10.1. The number of piperazine rings is 1. The minimum absolute atomic E-state index is 0.0262. The molecule has 17 heteroatoms. The first-order valence-corrected chi connectivity index (χ1v) is 16.4. The van der Waals surface area contributed by atoms with Gasteiger partial charge in [-0.2, -0.15) is 22.7 Å². The first-order valence-electron chi connectivity index (χ1n) is 16.0. The summed E-state index contributed by atoms with van der Waals surface area (Å²) >= 11 is 5.95. The van der Waals surface area contributed by atoms with E-state index in [1.54, 1.807) is 15.4 Å². The number of aryl methyl sites for hydroxylation is 1. The molecule has 0 aliphatic carbocycles. The molecule has 262 valence electrons. The van der Waals surface area contributed by atoms with Crippen molar-refractivity contribution in [3.63, 3.8) is 0 Å². The quantitative estimate of drug-likeness (QED) is 0.278. The molecule has 1 fully saturated rings. The molecule has 5 heterocycles. The van der Waals surface area contributed by atoms with Crippen LogP contribution in [0.4, 0.5) is 30.2 Å². The Kier molecular flexibility index (Phi) is 9.37. The second-order valence-electron chi connectivity index (χ2n) is 12.3. The second-order valence-corrected chi connectivity index (χ2v) is 12.7. The summed E-state index contributed by atoms with van der Waals surface area (Å²) in [7, 11) is 0. The lowest BCUT2D eigenvalue weighted by Gasteiger charge is -2.37. The zero-order chi connectivity index (χ0) is 35.2. The maximum atomic E-state index is 14.2. The average molecular weight is 704 g/mol. The molecule has 6 rings (SSSR count). The average Bonchev–Trinajstić information content (AvgIpc) is 3.68. The number of carbonyl (C=O) groups excluding carboxylic acids is 1. The number of aromatic amines is 1. The number of halogens is 4. The molecular formula is C32H37ClF3N9O4. The fraction of sp³-hybridized carbons (Fsp3) is 0.469. The Labute approximate surface area is 283 Å². The number of alkyl halides is 3. The van der Waals surface area contributed by atoms with E-state index in [2.05, 4.69) is 15.5 Å². The van der Waals surface area contributed by atoms with E-state index in [1.165, 1.54) is 11.4 Å². The highest BCUT2D eigenvalue weighted by atomic mass is 35.5. The summed E-state index contributed by atoms with van der Waals surface area (Å²) in [6.45, 7) is 9.47. The first kappa shape index (κ1) is 34.3. The van der Waals surface area contributed by atoms with Crippen LogP contribution in [-0.4, -0.2) is 74.2 Å². The predicted molar refractivity (Wildman–Crippen MR) is 180 cm³/mol. The molecule has 1 amide bonds. The SMILES string of the molecule is CCc1c(N2CCN(c3c[nH]n(C(C)C)c3=O)CC2)c(=O)n2nc(C3=CCOCC3)nc2n1CC(=O)Nc1cc(Cl)c(C(F)(F)F)cc1C. The number of amides is 1. The van der Waals surface area contributed by atoms with E-state index in [0.717, 1.165) is 17.7 Å². The largest absolute Gasteiger partial charge is 0.417 e. The molecule has 0 bridgehead atoms. The summed E-state index contributed by atoms with van der Waals surface area (Å²) in [6.07, 6.45) is -0.196. The molecule has 3 aromatic heterocycles. The van der Waals surface area contributed by atoms with Gasteiger partial charge < -0.3 is 29.5 Å². The number of H-pyrrole nitrogens is 1. The van der Waals surface area contributed by atoms with Crippen LogP contribution in [0.3, 0.4) is 0 Å². The number of ether oxygens (including phenoxy) is 1. The molecule has 2 N–H and O–H groups in total. The molecule has 1 saturated heterocycles. The monoisotopic (exact) mass is 703 g/mol. The third-order valence-electron chi connectivity index (χ3n) is 8.84. The number of nitrogens with zero attached hydrogens (tertiary/aromatic N) is 7. The molecular weight excluding hydrogens is 667 g/mol. The smallest absolute Gasteiger partial charge is 0.377 e. The number of carbonyl (C=O) groups is 1. The van der Waals surface area contributed by atoms with E-state index in [1.807, 2.05) is 36.6 Å². The van der Waals surface area contributed by atoms with Gasteiger partial charge >= 0.3 is 6.18 Å². The lowest BCUT2D eigenvalue weighted by Crippen LogP contribution is -2.50. The normalized spacial score (nSPS) is 15.7. The van der Waals surface area contributed by atoms with Crippen molar-refractivity contribution >= 4 is 45.9 Å². The van der Waals surface area contributed by atoms with Crippen LogP contribution in [-0.2, 0) is 28.7 Å². The zero-order valence-corrected chi connectivity index (χ0v) is 28.3. The van der Waals surface area contributed by atoms with Crippen LogP contribution in [0.15, 0.2) is 34.0 Å². The van der Waals surface area contributed by atoms with Crippen molar-refractivity contribution in [2.45, 2.75) is 59.3 Å². The Bertz CT molecular complexity index is 2050. The summed E-state index contributed by atoms with van der Waals surface area (Å²) in [4.78, 5) is 49.4. The molecule has 0 radical (unpaired) electrons. The molecule has 13 nitrogen and oxygen atoms in total. The van der Waals surface area contributed by atoms with E-state index < -0.39 is 28.2 Å². The third kappa shape index (κ3) is 6.58. The minimum Gasteiger partial charge on any atom is -0.377 e. The Hall–Kier alpha value is -4.57. The Morgan fingerprint density at radius 3 is 2.45 bits per heavy atom. The van der Waals surface area contributed by atoms with Crippen LogP contribution < -0.4 is 26.2 Å². The molecule has 0 atom stereocenters. The molecule has 1 aromatic carbocycles. The molecule has 2 aliphatic rings. The van der Waals surface area contributed by atoms with Gasteiger partial charge in [-0.15, -0.1) is 5.10 Å². The van der Waals surface area contributed by atoms with Crippen LogP contribution in [0.25, 0.3) is 11.4 Å². The molecule has 0 unspecified atom stereocenters. The van der Waals surface area contributed by atoms with Gasteiger partial charge in [-0.05, 0) is 56.9 Å². The number of nitrogens with one attached hydrogen (secondary N) is 2. The van der Waals surface area contributed by atoms with Crippen LogP contribution in [0.1, 0.15) is 55.9 Å². The summed E-state index contributed by atoms with van der Waals surface area (Å²) in [5.74, 6) is -0.0537. The highest BCUT2D eigenvalue weighted by Crippen LogP contribution is 2.37. The van der Waals surface area contributed by atoms with Gasteiger partial charge in [-0.1, -0.05) is 24.6 Å². The van der Waals surface area contributed by atoms with Gasteiger partial charge in [-0.3, -0.25) is 14.4 Å². The van der Waals surface area contributed by atoms with Crippen molar-refractivity contribution in [2.75, 3.05) is 54.5 Å². The number of fused-ring (bicyclic) bond motifs is 1. The maximum Gasteiger partial charge on any atom is 0.417 e. The van der Waals surface area contributed by atoms with Gasteiger partial charge in [0, 0.05) is 44.1 Å². The first-order chi connectivity index (χ1) is 23.3. The van der Waals surface area contributed by atoms with Crippen molar-refractivity contribution in [3.8, 4) is 0 Å². The maximum absolute atomic E-state index is 14.2. The number of hydrogen-bond acceptors (Lipinski definition) is 8. The number of rotatable bonds is 8. The number of hydrogen-bond donors (Lipinski definition) is 2. The zero-order valence-electron chi connectivity index (χ0n) is 27.5. The van der Waals surface area contributed by atoms with E-state index in [0.29, 0.717) is 75.1 Å². The van der Waals surface area contributed by atoms with E-state index in [-0.39, 0.29) is 35.2 Å². The van der Waals surface area contributed by atoms with Crippen molar-refractivity contribution in [2.24, 2.45) is 0 Å². The minimum atomic E-state index is -4.65. The highest BCUT2D eigenvalue weighted by Gasteiger charge is 2.34. The van der Waals surface area contributed by atoms with Gasteiger partial charge in [0.1, 0.15) is 17.9 Å². The summed E-state index contributed by atoms with van der Waals surface area (Å²) in [5.41, 5.74) is 1.09. The van der Waals surface area contributed by atoms with Crippen molar-refractivity contribution in [1.82, 2.24) is 28.9 Å². The highest BCUT2D eigenvalue weighted by molar-refractivity contribution is 6.31. The Morgan fingerprint density at radius 2 is 1.84 bits per heavy atom. The topological polar surface area (TPSA) is 135 Å². The standard InChI is InChI=1S/C32H37ClF3N9O4/c1-5-24-27(42-10-8-41(9-11-42)25-16-37-44(18(2)3)29(25)47)30(48)45-31(39-28(40-45)20-6-12-49-13-7-20)43(24)17-26(46)38-23-15-22(33)21(14-19(23)4)32(34,35)36/h6,14-16,18,37H,5,7-13,17H2,1-4H3,(H,38,46). The summed E-state index contributed by atoms with van der Waals surface area (Å²) < 4.78 is 50.0. The van der Waals surface area contributed by atoms with Gasteiger partial charge in [0.2, 0.25) is 11.7 Å². The fourth-order valence-electron chi connectivity index (χ4n) is 6.32. The van der Waals surface area contributed by atoms with Gasteiger partial charge in [0.15, 0.2) is 5.82 Å². The van der Waals surface area contributed by atoms with Crippen LogP contribution in [0, 0.1) is 6.92 Å². The Balaban J connectivity index is 1.37. The number of aromatic nitrogens is 6. The number of benzene rings is 1. The van der Waals surface area contributed by atoms with E-state index >= 15 is 0 Å². The van der Waals surface area contributed by atoms with Crippen molar-refractivity contribution in [1.29, 1.82) is 0 Å². The molecule has 0 spiro atoms. The molecule has 0 saturated carbocycles. The van der Waals surface area contributed by atoms with Crippen LogP contribution >= 0.6 is 11.6 Å². The number of anilines is 3. The Morgan fingerprint density at radius 1 is 1.12 bits per heavy atom. The second kappa shape index (κ2) is 13.4. The third-order valence-corrected chi connectivity index (χ3v) is 9.15. The van der Waals surface area contributed by atoms with Gasteiger partial charge in [0.05, 0.1) is 29.5 Å². The summed E-state index contributed by atoms with van der Waals surface area (Å²) in [5, 5.41) is 9.75. The molecule has 2 aliphatic heterocycles. The van der Waals surface area contributed by atoms with Crippen LogP contribution in [0.5, 0.6) is 0 Å². The van der Waals surface area contributed by atoms with Crippen molar-refractivity contribution in [3.05, 3.63) is 72.8 Å². The van der Waals surface area contributed by atoms with Gasteiger partial charge in [-0.25, -0.2) is 4.68 Å². The summed E-state index contributed by atoms with van der Waals surface area (Å²) in [6, 6.07) is 1.95. The van der Waals surface area contributed by atoms with E-state index in [4.69, 9.17) is 21.3 Å². The molecule has 49 heavy (non-hydrogen) atoms. The molecule has 4 aromatic rings. The lowest BCUT2D eigenvalue weighted by molar-refractivity contribution is -0.137. The van der Waals surface area contributed by atoms with Crippen molar-refractivity contribution < 1.29 is 22.7 Å². The van der Waals surface area contributed by atoms with E-state index in [9.17, 15) is 27.6 Å². The van der Waals surface area contributed by atoms with Crippen LogP contribution in [0.2, 0.25) is 5.02 Å². The fourth-order valence-corrected chi connectivity index (χ4v) is 6.59. The predicted octanol–water partition coefficient (Wildman–Crippen LogP) is 4.27. The van der Waals surface area contributed by atoms with Gasteiger partial charge in [0.25, 0.3) is 11.1 Å².